The Hall–Kier alpha value is -1.55. The van der Waals surface area contributed by atoms with Gasteiger partial charge in [-0.15, -0.1) is 0 Å². The summed E-state index contributed by atoms with van der Waals surface area (Å²) in [6, 6.07) is 5.28. The van der Waals surface area contributed by atoms with Crippen LogP contribution in [0.2, 0.25) is 0 Å². The van der Waals surface area contributed by atoms with Crippen molar-refractivity contribution in [2.45, 2.75) is 32.5 Å². The number of ether oxygens (including phenoxy) is 1. The SMILES string of the molecule is CC(O)c1ccc2c(c1)NC(=O)C(C)(C)O2. The topological polar surface area (TPSA) is 58.6 Å². The fourth-order valence-electron chi connectivity index (χ4n) is 1.59. The van der Waals surface area contributed by atoms with E-state index in [1.807, 2.05) is 0 Å². The summed E-state index contributed by atoms with van der Waals surface area (Å²) >= 11 is 0. The third kappa shape index (κ3) is 1.76. The molecule has 0 radical (unpaired) electrons. The summed E-state index contributed by atoms with van der Waals surface area (Å²) in [6.45, 7) is 5.11. The van der Waals surface area contributed by atoms with Gasteiger partial charge in [0.2, 0.25) is 0 Å². The fourth-order valence-corrected chi connectivity index (χ4v) is 1.59. The van der Waals surface area contributed by atoms with Crippen molar-refractivity contribution in [2.75, 3.05) is 5.32 Å². The number of benzene rings is 1. The molecule has 0 aliphatic carbocycles. The highest BCUT2D eigenvalue weighted by Gasteiger charge is 2.35. The summed E-state index contributed by atoms with van der Waals surface area (Å²) in [5.41, 5.74) is 0.518. The number of fused-ring (bicyclic) bond motifs is 1. The van der Waals surface area contributed by atoms with Gasteiger partial charge >= 0.3 is 0 Å². The lowest BCUT2D eigenvalue weighted by Gasteiger charge is -2.31. The van der Waals surface area contributed by atoms with E-state index < -0.39 is 11.7 Å². The van der Waals surface area contributed by atoms with Gasteiger partial charge in [0.05, 0.1) is 11.8 Å². The molecule has 1 aromatic carbocycles. The summed E-state index contributed by atoms with van der Waals surface area (Å²) in [4.78, 5) is 11.7. The van der Waals surface area contributed by atoms with Crippen molar-refractivity contribution in [3.8, 4) is 5.75 Å². The van der Waals surface area contributed by atoms with E-state index in [4.69, 9.17) is 4.74 Å². The van der Waals surface area contributed by atoms with E-state index in [1.165, 1.54) is 0 Å². The first-order valence-electron chi connectivity index (χ1n) is 5.22. The van der Waals surface area contributed by atoms with Crippen LogP contribution in [0, 0.1) is 0 Å². The Kier molecular flexibility index (Phi) is 2.39. The summed E-state index contributed by atoms with van der Waals surface area (Å²) in [6.07, 6.45) is -0.558. The predicted octanol–water partition coefficient (Wildman–Crippen LogP) is 1.85. The Bertz CT molecular complexity index is 438. The number of rotatable bonds is 1. The maximum Gasteiger partial charge on any atom is 0.268 e. The van der Waals surface area contributed by atoms with E-state index in [0.717, 1.165) is 5.56 Å². The van der Waals surface area contributed by atoms with E-state index in [2.05, 4.69) is 5.32 Å². The lowest BCUT2D eigenvalue weighted by Crippen LogP contribution is -2.45. The van der Waals surface area contributed by atoms with Crippen LogP contribution in [0.1, 0.15) is 32.4 Å². The zero-order valence-electron chi connectivity index (χ0n) is 9.57. The lowest BCUT2D eigenvalue weighted by atomic mass is 10.0. The highest BCUT2D eigenvalue weighted by Crippen LogP contribution is 2.35. The van der Waals surface area contributed by atoms with E-state index in [9.17, 15) is 9.90 Å². The molecule has 16 heavy (non-hydrogen) atoms. The van der Waals surface area contributed by atoms with Crippen molar-refractivity contribution in [1.82, 2.24) is 0 Å². The number of nitrogens with one attached hydrogen (secondary N) is 1. The molecule has 0 saturated carbocycles. The molecule has 0 spiro atoms. The molecule has 1 amide bonds. The van der Waals surface area contributed by atoms with Crippen LogP contribution in [0.4, 0.5) is 5.69 Å². The monoisotopic (exact) mass is 221 g/mol. The Morgan fingerprint density at radius 3 is 2.75 bits per heavy atom. The molecule has 1 aliphatic rings. The highest BCUT2D eigenvalue weighted by atomic mass is 16.5. The molecule has 2 rings (SSSR count). The number of hydrogen-bond acceptors (Lipinski definition) is 3. The first-order chi connectivity index (χ1) is 7.40. The second-order valence-electron chi connectivity index (χ2n) is 4.50. The molecule has 0 aromatic heterocycles. The Morgan fingerprint density at radius 1 is 1.44 bits per heavy atom. The van der Waals surface area contributed by atoms with Gasteiger partial charge in [-0.2, -0.15) is 0 Å². The maximum atomic E-state index is 11.7. The largest absolute Gasteiger partial charge is 0.476 e. The second kappa shape index (κ2) is 3.49. The summed E-state index contributed by atoms with van der Waals surface area (Å²) < 4.78 is 5.57. The molecule has 1 unspecified atom stereocenters. The van der Waals surface area contributed by atoms with Gasteiger partial charge in [0.15, 0.2) is 5.60 Å². The molecule has 1 heterocycles. The van der Waals surface area contributed by atoms with Crippen LogP contribution in [-0.2, 0) is 4.79 Å². The number of amides is 1. The van der Waals surface area contributed by atoms with E-state index in [-0.39, 0.29) is 5.91 Å². The fraction of sp³-hybridized carbons (Fsp3) is 0.417. The Labute approximate surface area is 94.2 Å². The number of carbonyl (C=O) groups is 1. The highest BCUT2D eigenvalue weighted by molar-refractivity contribution is 6.00. The standard InChI is InChI=1S/C12H15NO3/c1-7(14)8-4-5-10-9(6-8)13-11(15)12(2,3)16-10/h4-7,14H,1-3H3,(H,13,15). The van der Waals surface area contributed by atoms with Crippen molar-refractivity contribution in [2.24, 2.45) is 0 Å². The van der Waals surface area contributed by atoms with E-state index in [1.54, 1.807) is 39.0 Å². The normalized spacial score (nSPS) is 19.4. The zero-order chi connectivity index (χ0) is 11.9. The maximum absolute atomic E-state index is 11.7. The van der Waals surface area contributed by atoms with Crippen molar-refractivity contribution in [3.63, 3.8) is 0 Å². The van der Waals surface area contributed by atoms with Crippen LogP contribution in [0.15, 0.2) is 18.2 Å². The van der Waals surface area contributed by atoms with Gasteiger partial charge in [-0.25, -0.2) is 0 Å². The predicted molar refractivity (Wildman–Crippen MR) is 60.4 cm³/mol. The third-order valence-electron chi connectivity index (χ3n) is 2.65. The molecule has 2 N–H and O–H groups in total. The summed E-state index contributed by atoms with van der Waals surface area (Å²) in [5, 5.41) is 12.2. The molecule has 0 saturated heterocycles. The lowest BCUT2D eigenvalue weighted by molar-refractivity contribution is -0.129. The number of aliphatic hydroxyl groups excluding tert-OH is 1. The van der Waals surface area contributed by atoms with Crippen molar-refractivity contribution in [3.05, 3.63) is 23.8 Å². The van der Waals surface area contributed by atoms with Gasteiger partial charge in [0.25, 0.3) is 5.91 Å². The molecule has 4 nitrogen and oxygen atoms in total. The van der Waals surface area contributed by atoms with Gasteiger partial charge < -0.3 is 15.2 Å². The third-order valence-corrected chi connectivity index (χ3v) is 2.65. The summed E-state index contributed by atoms with van der Waals surface area (Å²) in [5.74, 6) is 0.455. The van der Waals surface area contributed by atoms with Gasteiger partial charge in [-0.3, -0.25) is 4.79 Å². The number of anilines is 1. The van der Waals surface area contributed by atoms with Gasteiger partial charge in [-0.1, -0.05) is 6.07 Å². The van der Waals surface area contributed by atoms with Crippen LogP contribution >= 0.6 is 0 Å². The first-order valence-corrected chi connectivity index (χ1v) is 5.22. The molecule has 1 aromatic rings. The van der Waals surface area contributed by atoms with Crippen LogP contribution in [0.25, 0.3) is 0 Å². The zero-order valence-corrected chi connectivity index (χ0v) is 9.57. The molecule has 1 aliphatic heterocycles. The van der Waals surface area contributed by atoms with Gasteiger partial charge in [0, 0.05) is 0 Å². The van der Waals surface area contributed by atoms with Crippen LogP contribution in [0.5, 0.6) is 5.75 Å². The van der Waals surface area contributed by atoms with Crippen LogP contribution in [0.3, 0.4) is 0 Å². The molecular weight excluding hydrogens is 206 g/mol. The number of aliphatic hydroxyl groups is 1. The minimum atomic E-state index is -0.848. The minimum absolute atomic E-state index is 0.178. The average molecular weight is 221 g/mol. The van der Waals surface area contributed by atoms with Crippen LogP contribution in [-0.4, -0.2) is 16.6 Å². The molecular formula is C12H15NO3. The quantitative estimate of drug-likeness (QED) is 0.760. The summed E-state index contributed by atoms with van der Waals surface area (Å²) in [7, 11) is 0. The number of carbonyl (C=O) groups excluding carboxylic acids is 1. The van der Waals surface area contributed by atoms with Crippen molar-refractivity contribution in [1.29, 1.82) is 0 Å². The molecule has 0 fully saturated rings. The molecule has 86 valence electrons. The first kappa shape index (κ1) is 11.0. The van der Waals surface area contributed by atoms with Gasteiger partial charge in [-0.05, 0) is 38.5 Å². The number of hydrogen-bond donors (Lipinski definition) is 2. The average Bonchev–Trinajstić information content (AvgIpc) is 2.18. The van der Waals surface area contributed by atoms with Crippen LogP contribution < -0.4 is 10.1 Å². The van der Waals surface area contributed by atoms with Crippen molar-refractivity contribution >= 4 is 11.6 Å². The molecule has 4 heteroatoms. The Balaban J connectivity index is 2.41. The second-order valence-corrected chi connectivity index (χ2v) is 4.50. The molecule has 0 bridgehead atoms. The smallest absolute Gasteiger partial charge is 0.268 e. The van der Waals surface area contributed by atoms with E-state index >= 15 is 0 Å². The van der Waals surface area contributed by atoms with Gasteiger partial charge in [0.1, 0.15) is 5.75 Å². The van der Waals surface area contributed by atoms with E-state index in [0.29, 0.717) is 11.4 Å². The molecule has 1 atom stereocenters. The minimum Gasteiger partial charge on any atom is -0.476 e. The Morgan fingerprint density at radius 2 is 2.12 bits per heavy atom. The van der Waals surface area contributed by atoms with Crippen molar-refractivity contribution < 1.29 is 14.6 Å².